The first kappa shape index (κ1) is 8.26. The summed E-state index contributed by atoms with van der Waals surface area (Å²) in [6.45, 7) is 1.10. The van der Waals surface area contributed by atoms with E-state index < -0.39 is 0 Å². The molecule has 0 aromatic heterocycles. The number of hydrogen-bond acceptors (Lipinski definition) is 3. The molecule has 13 heavy (non-hydrogen) atoms. The van der Waals surface area contributed by atoms with Crippen LogP contribution < -0.4 is 4.74 Å². The Morgan fingerprint density at radius 2 is 2.08 bits per heavy atom. The molecule has 0 aliphatic carbocycles. The monoisotopic (exact) mass is 177 g/mol. The Morgan fingerprint density at radius 3 is 2.62 bits per heavy atom. The summed E-state index contributed by atoms with van der Waals surface area (Å²) >= 11 is 0. The zero-order chi connectivity index (χ0) is 9.10. The van der Waals surface area contributed by atoms with E-state index in [1.807, 2.05) is 24.3 Å². The van der Waals surface area contributed by atoms with Crippen molar-refractivity contribution in [2.75, 3.05) is 20.4 Å². The molecule has 0 N–H and O–H groups in total. The average molecular weight is 177 g/mol. The fourth-order valence-electron chi connectivity index (χ4n) is 1.27. The Balaban J connectivity index is 2.22. The highest BCUT2D eigenvalue weighted by molar-refractivity contribution is 6.02. The molecule has 0 atom stereocenters. The van der Waals surface area contributed by atoms with Crippen LogP contribution in [0.3, 0.4) is 0 Å². The van der Waals surface area contributed by atoms with Crippen molar-refractivity contribution in [2.24, 2.45) is 4.99 Å². The zero-order valence-electron chi connectivity index (χ0n) is 7.49. The van der Waals surface area contributed by atoms with Crippen LogP contribution in [0.5, 0.6) is 5.75 Å². The van der Waals surface area contributed by atoms with Crippen molar-refractivity contribution in [3.8, 4) is 5.75 Å². The van der Waals surface area contributed by atoms with Crippen LogP contribution in [0.25, 0.3) is 0 Å². The van der Waals surface area contributed by atoms with Crippen molar-refractivity contribution in [3.05, 3.63) is 29.8 Å². The van der Waals surface area contributed by atoms with Gasteiger partial charge in [-0.3, -0.25) is 4.99 Å². The zero-order valence-corrected chi connectivity index (χ0v) is 7.49. The summed E-state index contributed by atoms with van der Waals surface area (Å²) in [6.07, 6.45) is 0. The first-order valence-electron chi connectivity index (χ1n) is 4.15. The second-order valence-electron chi connectivity index (χ2n) is 2.81. The van der Waals surface area contributed by atoms with Crippen molar-refractivity contribution in [3.63, 3.8) is 0 Å². The van der Waals surface area contributed by atoms with Crippen LogP contribution in [0.15, 0.2) is 29.3 Å². The van der Waals surface area contributed by atoms with Gasteiger partial charge >= 0.3 is 0 Å². The topological polar surface area (TPSA) is 30.8 Å². The Kier molecular flexibility index (Phi) is 2.27. The van der Waals surface area contributed by atoms with Gasteiger partial charge in [0.15, 0.2) is 0 Å². The largest absolute Gasteiger partial charge is 0.497 e. The second-order valence-corrected chi connectivity index (χ2v) is 2.81. The molecule has 0 bridgehead atoms. The van der Waals surface area contributed by atoms with Gasteiger partial charge in [0, 0.05) is 0 Å². The van der Waals surface area contributed by atoms with Crippen molar-refractivity contribution in [2.45, 2.75) is 0 Å². The SMILES string of the molecule is COc1ccc(C2=NCOC2)cc1. The number of methoxy groups -OCH3 is 1. The molecule has 0 amide bonds. The van der Waals surface area contributed by atoms with Crippen LogP contribution in [0.2, 0.25) is 0 Å². The molecule has 3 heteroatoms. The summed E-state index contributed by atoms with van der Waals surface area (Å²) in [5, 5.41) is 0. The molecule has 68 valence electrons. The average Bonchev–Trinajstić information content (AvgIpc) is 2.71. The molecule has 0 saturated carbocycles. The minimum Gasteiger partial charge on any atom is -0.497 e. The number of ether oxygens (including phenoxy) is 2. The van der Waals surface area contributed by atoms with Crippen LogP contribution in [-0.2, 0) is 4.74 Å². The maximum Gasteiger partial charge on any atom is 0.138 e. The highest BCUT2D eigenvalue weighted by Gasteiger charge is 2.08. The Hall–Kier alpha value is -1.35. The van der Waals surface area contributed by atoms with E-state index in [2.05, 4.69) is 4.99 Å². The summed E-state index contributed by atoms with van der Waals surface area (Å²) in [5.41, 5.74) is 2.13. The molecule has 1 heterocycles. The molecule has 0 fully saturated rings. The molecule has 0 radical (unpaired) electrons. The lowest BCUT2D eigenvalue weighted by Gasteiger charge is -2.01. The lowest BCUT2D eigenvalue weighted by atomic mass is 10.1. The predicted molar refractivity (Wildman–Crippen MR) is 50.4 cm³/mol. The maximum absolute atomic E-state index is 5.13. The third-order valence-corrected chi connectivity index (χ3v) is 2.01. The van der Waals surface area contributed by atoms with Gasteiger partial charge < -0.3 is 9.47 Å². The molecule has 1 aliphatic rings. The van der Waals surface area contributed by atoms with E-state index in [-0.39, 0.29) is 0 Å². The number of benzene rings is 1. The van der Waals surface area contributed by atoms with E-state index in [1.165, 1.54) is 0 Å². The normalized spacial score (nSPS) is 15.6. The van der Waals surface area contributed by atoms with Gasteiger partial charge in [-0.25, -0.2) is 0 Å². The molecule has 2 rings (SSSR count). The molecular weight excluding hydrogens is 166 g/mol. The van der Waals surface area contributed by atoms with Crippen LogP contribution in [0.1, 0.15) is 5.56 Å². The highest BCUT2D eigenvalue weighted by atomic mass is 16.5. The van der Waals surface area contributed by atoms with Gasteiger partial charge in [0.25, 0.3) is 0 Å². The maximum atomic E-state index is 5.13. The fourth-order valence-corrected chi connectivity index (χ4v) is 1.27. The fraction of sp³-hybridized carbons (Fsp3) is 0.300. The van der Waals surface area contributed by atoms with Crippen LogP contribution >= 0.6 is 0 Å². The summed E-state index contributed by atoms with van der Waals surface area (Å²) in [5.74, 6) is 0.864. The predicted octanol–water partition coefficient (Wildman–Crippen LogP) is 1.47. The molecule has 1 aromatic rings. The number of aliphatic imine (C=N–C) groups is 1. The highest BCUT2D eigenvalue weighted by Crippen LogP contribution is 2.13. The smallest absolute Gasteiger partial charge is 0.138 e. The second kappa shape index (κ2) is 3.58. The van der Waals surface area contributed by atoms with Crippen LogP contribution in [0.4, 0.5) is 0 Å². The van der Waals surface area contributed by atoms with Gasteiger partial charge in [0.1, 0.15) is 12.5 Å². The van der Waals surface area contributed by atoms with Gasteiger partial charge in [-0.1, -0.05) is 0 Å². The van der Waals surface area contributed by atoms with E-state index in [9.17, 15) is 0 Å². The molecule has 3 nitrogen and oxygen atoms in total. The summed E-state index contributed by atoms with van der Waals surface area (Å²) in [4.78, 5) is 4.22. The third kappa shape index (κ3) is 1.70. The molecule has 0 unspecified atom stereocenters. The first-order chi connectivity index (χ1) is 6.40. The minimum atomic E-state index is 0.487. The quantitative estimate of drug-likeness (QED) is 0.685. The lowest BCUT2D eigenvalue weighted by Crippen LogP contribution is -2.02. The Labute approximate surface area is 77.0 Å². The van der Waals surface area contributed by atoms with Gasteiger partial charge in [-0.05, 0) is 29.8 Å². The van der Waals surface area contributed by atoms with Crippen molar-refractivity contribution in [1.82, 2.24) is 0 Å². The van der Waals surface area contributed by atoms with Gasteiger partial charge in [0.2, 0.25) is 0 Å². The molecule has 1 aromatic carbocycles. The standard InChI is InChI=1S/C10H11NO2/c1-12-9-4-2-8(3-5-9)10-6-13-7-11-10/h2-5H,6-7H2,1H3. The van der Waals surface area contributed by atoms with E-state index in [0.29, 0.717) is 13.3 Å². The number of rotatable bonds is 2. The van der Waals surface area contributed by atoms with Crippen molar-refractivity contribution in [1.29, 1.82) is 0 Å². The molecule has 1 aliphatic heterocycles. The van der Waals surface area contributed by atoms with Gasteiger partial charge in [-0.2, -0.15) is 0 Å². The Bertz CT molecular complexity index is 316. The summed E-state index contributed by atoms with van der Waals surface area (Å²) < 4.78 is 10.2. The molecular formula is C10H11NO2. The summed E-state index contributed by atoms with van der Waals surface area (Å²) in [7, 11) is 1.66. The van der Waals surface area contributed by atoms with Crippen LogP contribution in [-0.4, -0.2) is 26.2 Å². The molecule has 0 spiro atoms. The lowest BCUT2D eigenvalue weighted by molar-refractivity contribution is 0.202. The Morgan fingerprint density at radius 1 is 1.31 bits per heavy atom. The minimum absolute atomic E-state index is 0.487. The van der Waals surface area contributed by atoms with E-state index >= 15 is 0 Å². The van der Waals surface area contributed by atoms with Crippen molar-refractivity contribution >= 4 is 5.71 Å². The van der Waals surface area contributed by atoms with Crippen molar-refractivity contribution < 1.29 is 9.47 Å². The van der Waals surface area contributed by atoms with E-state index in [4.69, 9.17) is 9.47 Å². The number of nitrogens with zero attached hydrogens (tertiary/aromatic N) is 1. The number of hydrogen-bond donors (Lipinski definition) is 0. The van der Waals surface area contributed by atoms with E-state index in [0.717, 1.165) is 17.0 Å². The van der Waals surface area contributed by atoms with Crippen LogP contribution in [0, 0.1) is 0 Å². The molecule has 0 saturated heterocycles. The first-order valence-corrected chi connectivity index (χ1v) is 4.15. The van der Waals surface area contributed by atoms with E-state index in [1.54, 1.807) is 7.11 Å². The van der Waals surface area contributed by atoms with Gasteiger partial charge in [-0.15, -0.1) is 0 Å². The third-order valence-electron chi connectivity index (χ3n) is 2.01. The summed E-state index contributed by atoms with van der Waals surface area (Å²) in [6, 6.07) is 7.84. The van der Waals surface area contributed by atoms with Gasteiger partial charge in [0.05, 0.1) is 19.4 Å².